The first-order valence-corrected chi connectivity index (χ1v) is 15.3. The van der Waals surface area contributed by atoms with E-state index in [-0.39, 0.29) is 41.3 Å². The molecule has 0 bridgehead atoms. The van der Waals surface area contributed by atoms with Gasteiger partial charge in [0.1, 0.15) is 0 Å². The summed E-state index contributed by atoms with van der Waals surface area (Å²) in [6.07, 6.45) is 3.86. The lowest BCUT2D eigenvalue weighted by molar-refractivity contribution is -0.123. The molecule has 1 fully saturated rings. The molecule has 10 heteroatoms. The normalized spacial score (nSPS) is 25.9. The number of anilines is 1. The summed E-state index contributed by atoms with van der Waals surface area (Å²) < 4.78 is 7.26. The number of benzene rings is 2. The van der Waals surface area contributed by atoms with Crippen LogP contribution in [0, 0.1) is 21.3 Å². The molecule has 7 nitrogen and oxygen atoms in total. The van der Waals surface area contributed by atoms with Crippen molar-refractivity contribution in [2.24, 2.45) is 17.8 Å². The van der Waals surface area contributed by atoms with Gasteiger partial charge in [-0.05, 0) is 122 Å². The number of halogens is 3. The fraction of sp³-hybridized carbons (Fsp3) is 0.267. The van der Waals surface area contributed by atoms with E-state index in [0.717, 1.165) is 9.14 Å². The third kappa shape index (κ3) is 4.00. The molecule has 2 aromatic rings. The number of rotatable bonds is 3. The summed E-state index contributed by atoms with van der Waals surface area (Å²) in [6, 6.07) is 8.89. The van der Waals surface area contributed by atoms with Gasteiger partial charge in [-0.2, -0.15) is 0 Å². The number of ketones is 2. The van der Waals surface area contributed by atoms with Crippen LogP contribution in [0.2, 0.25) is 0 Å². The molecule has 204 valence electrons. The van der Waals surface area contributed by atoms with E-state index in [1.807, 2.05) is 18.2 Å². The first kappa shape index (κ1) is 27.6. The molecule has 2 aromatic carbocycles. The monoisotopic (exact) mass is 777 g/mol. The topological polar surface area (TPSA) is 101 Å². The second-order valence-electron chi connectivity index (χ2n) is 10.4. The Bertz CT molecular complexity index is 1640. The van der Waals surface area contributed by atoms with Crippen LogP contribution in [0.15, 0.2) is 73.7 Å². The Morgan fingerprint density at radius 1 is 1.02 bits per heavy atom. The van der Waals surface area contributed by atoms with E-state index in [2.05, 4.69) is 54.5 Å². The van der Waals surface area contributed by atoms with E-state index in [1.165, 1.54) is 18.1 Å². The molecule has 4 aliphatic rings. The van der Waals surface area contributed by atoms with Crippen LogP contribution in [0.5, 0.6) is 11.5 Å². The number of nitrogens with zero attached hydrogens (tertiary/aromatic N) is 1. The van der Waals surface area contributed by atoms with Gasteiger partial charge in [0.2, 0.25) is 11.8 Å². The number of hydrogen-bond acceptors (Lipinski definition) is 6. The number of Topliss-reactive ketones (excluding diaryl/α,β-unsaturated/α-hetero) is 1. The van der Waals surface area contributed by atoms with Gasteiger partial charge in [-0.15, -0.1) is 0 Å². The summed E-state index contributed by atoms with van der Waals surface area (Å²) in [4.78, 5) is 55.9. The number of phenols is 1. The molecular formula is C30H22Br2INO6. The number of carbonyl (C=O) groups excluding carboxylic acids is 4. The van der Waals surface area contributed by atoms with Gasteiger partial charge in [0.05, 0.1) is 29.1 Å². The van der Waals surface area contributed by atoms with Crippen LogP contribution in [-0.4, -0.2) is 35.6 Å². The van der Waals surface area contributed by atoms with Crippen LogP contribution < -0.4 is 9.64 Å². The SMILES string of the molecule is COc1cc(C2C3=CCC4C(=O)N(c5ccc(I)cc5)C(=O)C4C3CC3=C2C(=O)C=C(C)C3=O)c(Br)c(Br)c1O. The summed E-state index contributed by atoms with van der Waals surface area (Å²) in [5.41, 5.74) is 3.05. The van der Waals surface area contributed by atoms with Gasteiger partial charge >= 0.3 is 0 Å². The second-order valence-corrected chi connectivity index (χ2v) is 13.2. The Morgan fingerprint density at radius 3 is 2.40 bits per heavy atom. The average Bonchev–Trinajstić information content (AvgIpc) is 3.20. The first-order chi connectivity index (χ1) is 19.0. The lowest BCUT2D eigenvalue weighted by atomic mass is 9.59. The fourth-order valence-electron chi connectivity index (χ4n) is 6.56. The minimum atomic E-state index is -0.675. The van der Waals surface area contributed by atoms with Crippen LogP contribution in [0.25, 0.3) is 0 Å². The largest absolute Gasteiger partial charge is 0.503 e. The fourth-order valence-corrected chi connectivity index (χ4v) is 7.87. The lowest BCUT2D eigenvalue weighted by Gasteiger charge is -2.42. The third-order valence-corrected chi connectivity index (χ3v) is 11.2. The van der Waals surface area contributed by atoms with Crippen molar-refractivity contribution in [3.63, 3.8) is 0 Å². The van der Waals surface area contributed by atoms with Crippen molar-refractivity contribution in [1.82, 2.24) is 0 Å². The number of imide groups is 1. The van der Waals surface area contributed by atoms with E-state index in [4.69, 9.17) is 4.74 Å². The number of hydrogen-bond donors (Lipinski definition) is 1. The first-order valence-electron chi connectivity index (χ1n) is 12.6. The predicted molar refractivity (Wildman–Crippen MR) is 163 cm³/mol. The van der Waals surface area contributed by atoms with E-state index in [1.54, 1.807) is 25.1 Å². The number of allylic oxidation sites excluding steroid dienone is 6. The summed E-state index contributed by atoms with van der Waals surface area (Å²) in [5, 5.41) is 10.6. The summed E-state index contributed by atoms with van der Waals surface area (Å²) in [6.45, 7) is 1.62. The Balaban J connectivity index is 1.53. The zero-order valence-electron chi connectivity index (χ0n) is 21.3. The van der Waals surface area contributed by atoms with Crippen molar-refractivity contribution in [2.45, 2.75) is 25.7 Å². The van der Waals surface area contributed by atoms with Crippen molar-refractivity contribution in [1.29, 1.82) is 0 Å². The molecule has 6 rings (SSSR count). The molecule has 4 atom stereocenters. The van der Waals surface area contributed by atoms with Crippen molar-refractivity contribution in [3.8, 4) is 11.5 Å². The van der Waals surface area contributed by atoms with Crippen molar-refractivity contribution in [2.75, 3.05) is 12.0 Å². The number of methoxy groups -OCH3 is 1. The maximum Gasteiger partial charge on any atom is 0.238 e. The highest BCUT2D eigenvalue weighted by Crippen LogP contribution is 2.57. The smallest absolute Gasteiger partial charge is 0.238 e. The number of amides is 2. The molecule has 1 N–H and O–H groups in total. The molecule has 2 amide bonds. The molecule has 3 aliphatic carbocycles. The molecule has 0 aromatic heterocycles. The molecular weight excluding hydrogens is 757 g/mol. The number of carbonyl (C=O) groups is 4. The van der Waals surface area contributed by atoms with Crippen LogP contribution in [0.3, 0.4) is 0 Å². The van der Waals surface area contributed by atoms with Crippen molar-refractivity contribution < 1.29 is 29.0 Å². The van der Waals surface area contributed by atoms with Crippen molar-refractivity contribution in [3.05, 3.63) is 82.9 Å². The summed E-state index contributed by atoms with van der Waals surface area (Å²) in [7, 11) is 1.43. The molecule has 1 saturated heterocycles. The van der Waals surface area contributed by atoms with Crippen molar-refractivity contribution >= 4 is 83.5 Å². The third-order valence-electron chi connectivity index (χ3n) is 8.35. The number of phenolic OH excluding ortho intramolecular Hbond substituents is 1. The van der Waals surface area contributed by atoms with Crippen LogP contribution >= 0.6 is 54.5 Å². The molecule has 40 heavy (non-hydrogen) atoms. The molecule has 0 radical (unpaired) electrons. The Labute approximate surface area is 260 Å². The van der Waals surface area contributed by atoms with Crippen LogP contribution in [-0.2, 0) is 19.2 Å². The van der Waals surface area contributed by atoms with E-state index >= 15 is 0 Å². The van der Waals surface area contributed by atoms with E-state index < -0.39 is 23.7 Å². The highest BCUT2D eigenvalue weighted by atomic mass is 127. The molecule has 1 heterocycles. The van der Waals surface area contributed by atoms with Gasteiger partial charge < -0.3 is 9.84 Å². The quantitative estimate of drug-likeness (QED) is 0.174. The number of ether oxygens (including phenoxy) is 1. The number of fused-ring (bicyclic) bond motifs is 3. The van der Waals surface area contributed by atoms with Gasteiger partial charge in [0.25, 0.3) is 0 Å². The Morgan fingerprint density at radius 2 is 1.73 bits per heavy atom. The van der Waals surface area contributed by atoms with Gasteiger partial charge in [0, 0.05) is 30.7 Å². The van der Waals surface area contributed by atoms with Crippen LogP contribution in [0.4, 0.5) is 5.69 Å². The average molecular weight is 779 g/mol. The maximum absolute atomic E-state index is 14.0. The highest BCUT2D eigenvalue weighted by molar-refractivity contribution is 14.1. The second kappa shape index (κ2) is 10.1. The molecule has 4 unspecified atom stereocenters. The number of aromatic hydroxyl groups is 1. The predicted octanol–water partition coefficient (Wildman–Crippen LogP) is 6.16. The molecule has 1 aliphatic heterocycles. The van der Waals surface area contributed by atoms with E-state index in [0.29, 0.717) is 43.3 Å². The van der Waals surface area contributed by atoms with Gasteiger partial charge in [-0.1, -0.05) is 11.6 Å². The minimum Gasteiger partial charge on any atom is -0.503 e. The van der Waals surface area contributed by atoms with Gasteiger partial charge in [-0.25, -0.2) is 0 Å². The van der Waals surface area contributed by atoms with Crippen LogP contribution in [0.1, 0.15) is 31.2 Å². The summed E-state index contributed by atoms with van der Waals surface area (Å²) in [5.74, 6) is -3.30. The van der Waals surface area contributed by atoms with E-state index in [9.17, 15) is 24.3 Å². The Hall–Kier alpha value is -2.57. The summed E-state index contributed by atoms with van der Waals surface area (Å²) >= 11 is 9.17. The lowest BCUT2D eigenvalue weighted by Crippen LogP contribution is -2.40. The minimum absolute atomic E-state index is 0.108. The standard InChI is InChI=1S/C30H22Br2INO6/c1-12-9-20(35)24-19(27(12)36)10-17-15(22(24)18-11-21(40-2)28(37)26(32)25(18)31)7-8-16-23(17)30(39)34(29(16)38)14-5-3-13(33)4-6-14/h3-7,9,11,16-17,22-23,37H,8,10H2,1-2H3. The zero-order chi connectivity index (χ0) is 28.6. The zero-order valence-corrected chi connectivity index (χ0v) is 26.7. The maximum atomic E-state index is 14.0. The van der Waals surface area contributed by atoms with Gasteiger partial charge in [-0.3, -0.25) is 24.1 Å². The molecule has 0 spiro atoms. The van der Waals surface area contributed by atoms with Gasteiger partial charge in [0.15, 0.2) is 23.1 Å². The molecule has 0 saturated carbocycles. The highest BCUT2D eigenvalue weighted by Gasteiger charge is 2.56. The Kier molecular flexibility index (Phi) is 6.94.